The molecule has 4 heteroatoms. The van der Waals surface area contributed by atoms with Crippen molar-refractivity contribution in [3.05, 3.63) is 11.6 Å². The quantitative estimate of drug-likeness (QED) is 0.725. The molecule has 3 nitrogen and oxygen atoms in total. The summed E-state index contributed by atoms with van der Waals surface area (Å²) in [5, 5.41) is 7.88. The first-order chi connectivity index (χ1) is 5.70. The summed E-state index contributed by atoms with van der Waals surface area (Å²) in [6, 6.07) is 0. The van der Waals surface area contributed by atoms with Crippen LogP contribution in [0.3, 0.4) is 0 Å². The van der Waals surface area contributed by atoms with E-state index in [-0.39, 0.29) is 0 Å². The van der Waals surface area contributed by atoms with Gasteiger partial charge in [0, 0.05) is 6.54 Å². The van der Waals surface area contributed by atoms with Crippen LogP contribution in [0.4, 0.5) is 0 Å². The van der Waals surface area contributed by atoms with Gasteiger partial charge in [0.2, 0.25) is 5.28 Å². The summed E-state index contributed by atoms with van der Waals surface area (Å²) < 4.78 is 1.87. The van der Waals surface area contributed by atoms with Gasteiger partial charge in [-0.2, -0.15) is 0 Å². The van der Waals surface area contributed by atoms with Gasteiger partial charge in [-0.3, -0.25) is 0 Å². The van der Waals surface area contributed by atoms with Crippen molar-refractivity contribution in [3.63, 3.8) is 0 Å². The normalized spacial score (nSPS) is 11.0. The van der Waals surface area contributed by atoms with Crippen molar-refractivity contribution in [3.8, 4) is 0 Å². The Hall–Kier alpha value is -0.570. The van der Waals surface area contributed by atoms with E-state index in [1.165, 1.54) is 6.42 Å². The van der Waals surface area contributed by atoms with E-state index in [0.29, 0.717) is 5.28 Å². The topological polar surface area (TPSA) is 30.7 Å². The third-order valence-corrected chi connectivity index (χ3v) is 2.04. The Labute approximate surface area is 77.8 Å². The Morgan fingerprint density at radius 1 is 1.58 bits per heavy atom. The number of nitrogens with zero attached hydrogens (tertiary/aromatic N) is 3. The molecule has 1 aromatic heterocycles. The van der Waals surface area contributed by atoms with Crippen LogP contribution in [0.25, 0.3) is 0 Å². The second-order valence-corrected chi connectivity index (χ2v) is 3.67. The van der Waals surface area contributed by atoms with Crippen molar-refractivity contribution >= 4 is 11.6 Å². The summed E-state index contributed by atoms with van der Waals surface area (Å²) in [5.74, 6) is 0.750. The van der Waals surface area contributed by atoms with Gasteiger partial charge >= 0.3 is 0 Å². The molecule has 1 heterocycles. The summed E-state index contributed by atoms with van der Waals surface area (Å²) in [6.07, 6.45) is 4.02. The molecule has 0 fully saturated rings. The summed E-state index contributed by atoms with van der Waals surface area (Å²) in [7, 11) is 0. The van der Waals surface area contributed by atoms with Gasteiger partial charge in [0.15, 0.2) is 0 Å². The van der Waals surface area contributed by atoms with E-state index in [4.69, 9.17) is 11.6 Å². The number of rotatable bonds is 4. The zero-order valence-corrected chi connectivity index (χ0v) is 8.25. The Kier molecular flexibility index (Phi) is 3.53. The number of hydrogen-bond donors (Lipinski definition) is 0. The van der Waals surface area contributed by atoms with E-state index < -0.39 is 0 Å². The lowest BCUT2D eigenvalue weighted by Crippen LogP contribution is -1.98. The number of aryl methyl sites for hydroxylation is 1. The molecule has 68 valence electrons. The van der Waals surface area contributed by atoms with Crippen molar-refractivity contribution in [2.75, 3.05) is 0 Å². The van der Waals surface area contributed by atoms with E-state index in [1.807, 2.05) is 4.57 Å². The molecule has 0 saturated carbocycles. The molecule has 1 aromatic rings. The highest BCUT2D eigenvalue weighted by molar-refractivity contribution is 6.28. The lowest BCUT2D eigenvalue weighted by molar-refractivity contribution is 0.511. The molecule has 0 aliphatic heterocycles. The second kappa shape index (κ2) is 4.45. The van der Waals surface area contributed by atoms with E-state index in [9.17, 15) is 0 Å². The van der Waals surface area contributed by atoms with E-state index in [0.717, 1.165) is 18.9 Å². The predicted octanol–water partition coefficient (Wildman–Crippen LogP) is 2.37. The van der Waals surface area contributed by atoms with Crippen molar-refractivity contribution in [2.24, 2.45) is 5.92 Å². The SMILES string of the molecule is CC(C)CCCn1cnnc1Cl. The highest BCUT2D eigenvalue weighted by atomic mass is 35.5. The molecular formula is C8H14ClN3. The molecule has 0 aromatic carbocycles. The van der Waals surface area contributed by atoms with E-state index in [1.54, 1.807) is 6.33 Å². The van der Waals surface area contributed by atoms with Crippen LogP contribution in [0.1, 0.15) is 26.7 Å². The highest BCUT2D eigenvalue weighted by Crippen LogP contribution is 2.08. The Morgan fingerprint density at radius 2 is 2.33 bits per heavy atom. The van der Waals surface area contributed by atoms with Crippen molar-refractivity contribution in [1.82, 2.24) is 14.8 Å². The molecule has 0 spiro atoms. The lowest BCUT2D eigenvalue weighted by Gasteiger charge is -2.04. The summed E-state index contributed by atoms with van der Waals surface area (Å²) in [5.41, 5.74) is 0. The van der Waals surface area contributed by atoms with E-state index in [2.05, 4.69) is 24.0 Å². The third-order valence-electron chi connectivity index (χ3n) is 1.75. The van der Waals surface area contributed by atoms with Gasteiger partial charge in [0.1, 0.15) is 6.33 Å². The summed E-state index contributed by atoms with van der Waals surface area (Å²) >= 11 is 5.74. The van der Waals surface area contributed by atoms with Gasteiger partial charge in [-0.1, -0.05) is 13.8 Å². The minimum absolute atomic E-state index is 0.485. The number of aromatic nitrogens is 3. The molecule has 0 aliphatic carbocycles. The van der Waals surface area contributed by atoms with Crippen molar-refractivity contribution < 1.29 is 0 Å². The average molecular weight is 188 g/mol. The Bertz CT molecular complexity index is 232. The molecule has 0 saturated heterocycles. The smallest absolute Gasteiger partial charge is 0.224 e. The van der Waals surface area contributed by atoms with Gasteiger partial charge in [0.05, 0.1) is 0 Å². The number of halogens is 1. The second-order valence-electron chi connectivity index (χ2n) is 3.33. The molecule has 12 heavy (non-hydrogen) atoms. The van der Waals surface area contributed by atoms with Gasteiger partial charge in [-0.05, 0) is 30.4 Å². The van der Waals surface area contributed by atoms with Gasteiger partial charge in [-0.15, -0.1) is 10.2 Å². The van der Waals surface area contributed by atoms with Crippen LogP contribution in [0.15, 0.2) is 6.33 Å². The first-order valence-electron chi connectivity index (χ1n) is 4.23. The zero-order valence-electron chi connectivity index (χ0n) is 7.50. The molecule has 0 aliphatic rings. The van der Waals surface area contributed by atoms with Gasteiger partial charge in [0.25, 0.3) is 0 Å². The van der Waals surface area contributed by atoms with Crippen LogP contribution >= 0.6 is 11.6 Å². The minimum Gasteiger partial charge on any atom is -0.304 e. The fourth-order valence-corrected chi connectivity index (χ4v) is 1.23. The van der Waals surface area contributed by atoms with Crippen molar-refractivity contribution in [2.45, 2.75) is 33.2 Å². The minimum atomic E-state index is 0.485. The zero-order chi connectivity index (χ0) is 8.97. The summed E-state index contributed by atoms with van der Waals surface area (Å²) in [6.45, 7) is 5.35. The van der Waals surface area contributed by atoms with Gasteiger partial charge < -0.3 is 4.57 Å². The molecule has 0 bridgehead atoms. The standard InChI is InChI=1S/C8H14ClN3/c1-7(2)4-3-5-12-6-10-11-8(12)9/h6-7H,3-5H2,1-2H3. The maximum atomic E-state index is 5.74. The predicted molar refractivity (Wildman–Crippen MR) is 49.1 cm³/mol. The van der Waals surface area contributed by atoms with Crippen LogP contribution in [0.2, 0.25) is 5.28 Å². The molecular weight excluding hydrogens is 174 g/mol. The fourth-order valence-electron chi connectivity index (χ4n) is 1.06. The van der Waals surface area contributed by atoms with E-state index >= 15 is 0 Å². The fraction of sp³-hybridized carbons (Fsp3) is 0.750. The van der Waals surface area contributed by atoms with Gasteiger partial charge in [-0.25, -0.2) is 0 Å². The third kappa shape index (κ3) is 2.81. The maximum Gasteiger partial charge on any atom is 0.224 e. The van der Waals surface area contributed by atoms with Crippen LogP contribution < -0.4 is 0 Å². The highest BCUT2D eigenvalue weighted by Gasteiger charge is 2.00. The number of hydrogen-bond acceptors (Lipinski definition) is 2. The first kappa shape index (κ1) is 9.52. The molecule has 0 N–H and O–H groups in total. The lowest BCUT2D eigenvalue weighted by atomic mass is 10.1. The van der Waals surface area contributed by atoms with Crippen LogP contribution in [-0.4, -0.2) is 14.8 Å². The molecule has 0 unspecified atom stereocenters. The molecule has 0 amide bonds. The summed E-state index contributed by atoms with van der Waals surface area (Å²) in [4.78, 5) is 0. The maximum absolute atomic E-state index is 5.74. The van der Waals surface area contributed by atoms with Crippen LogP contribution in [0.5, 0.6) is 0 Å². The Balaban J connectivity index is 2.29. The van der Waals surface area contributed by atoms with Crippen LogP contribution in [0, 0.1) is 5.92 Å². The largest absolute Gasteiger partial charge is 0.304 e. The average Bonchev–Trinajstić information content (AvgIpc) is 2.36. The molecule has 0 atom stereocenters. The molecule has 1 rings (SSSR count). The first-order valence-corrected chi connectivity index (χ1v) is 4.61. The monoisotopic (exact) mass is 187 g/mol. The Morgan fingerprint density at radius 3 is 2.83 bits per heavy atom. The van der Waals surface area contributed by atoms with Crippen LogP contribution in [-0.2, 0) is 6.54 Å². The molecule has 0 radical (unpaired) electrons. The van der Waals surface area contributed by atoms with Crippen molar-refractivity contribution in [1.29, 1.82) is 0 Å².